The first-order valence-electron chi connectivity index (χ1n) is 6.63. The Bertz CT molecular complexity index is 390. The topological polar surface area (TPSA) is 17.1 Å². The lowest BCUT2D eigenvalue weighted by Gasteiger charge is -2.05. The number of ketones is 1. The predicted molar refractivity (Wildman–Crippen MR) is 89.2 cm³/mol. The summed E-state index contributed by atoms with van der Waals surface area (Å²) in [5, 5.41) is 0. The molecule has 0 aliphatic heterocycles. The number of unbranched alkanes of at least 4 members (excludes halogenated alkanes) is 5. The smallest absolute Gasteiger partial charge is 0.164 e. The number of rotatable bonds is 8. The molecule has 0 unspecified atom stereocenters. The van der Waals surface area contributed by atoms with Gasteiger partial charge in [-0.05, 0) is 47.2 Å². The zero-order valence-electron chi connectivity index (χ0n) is 10.8. The third-order valence-corrected chi connectivity index (χ3v) is 4.35. The molecule has 0 radical (unpaired) electrons. The quantitative estimate of drug-likeness (QED) is 0.285. The van der Waals surface area contributed by atoms with Gasteiger partial charge in [0.05, 0.1) is 0 Å². The van der Waals surface area contributed by atoms with Gasteiger partial charge in [-0.15, -0.1) is 0 Å². The Hall–Kier alpha value is 0.1000. The number of carbonyl (C=O) groups is 1. The lowest BCUT2D eigenvalue weighted by atomic mass is 10.0. The maximum Gasteiger partial charge on any atom is 0.164 e. The molecule has 0 spiro atoms. The Kier molecular flexibility index (Phi) is 8.15. The van der Waals surface area contributed by atoms with Crippen LogP contribution in [0.3, 0.4) is 0 Å². The Morgan fingerprint density at radius 1 is 1.17 bits per heavy atom. The highest BCUT2D eigenvalue weighted by Crippen LogP contribution is 2.22. The second-order valence-corrected chi connectivity index (χ2v) is 6.67. The van der Waals surface area contributed by atoms with E-state index < -0.39 is 0 Å². The Morgan fingerprint density at radius 2 is 1.83 bits per heavy atom. The van der Waals surface area contributed by atoms with E-state index in [4.69, 9.17) is 0 Å². The molecule has 100 valence electrons. The molecule has 1 nitrogen and oxygen atoms in total. The molecule has 1 rings (SSSR count). The van der Waals surface area contributed by atoms with Gasteiger partial charge in [-0.1, -0.05) is 55.0 Å². The monoisotopic (exact) mass is 422 g/mol. The summed E-state index contributed by atoms with van der Waals surface area (Å²) in [7, 11) is 0. The van der Waals surface area contributed by atoms with Gasteiger partial charge in [0.1, 0.15) is 0 Å². The maximum atomic E-state index is 12.1. The van der Waals surface area contributed by atoms with Crippen LogP contribution in [0.1, 0.15) is 62.2 Å². The summed E-state index contributed by atoms with van der Waals surface area (Å²) >= 11 is 5.69. The van der Waals surface area contributed by atoms with Crippen LogP contribution >= 0.6 is 38.5 Å². The number of Topliss-reactive ketones (excluding diaryl/α,β-unsaturated/α-hetero) is 1. The van der Waals surface area contributed by atoms with E-state index in [0.29, 0.717) is 6.42 Å². The van der Waals surface area contributed by atoms with Crippen molar-refractivity contribution in [1.29, 1.82) is 0 Å². The van der Waals surface area contributed by atoms with Crippen LogP contribution in [0.2, 0.25) is 0 Å². The fourth-order valence-electron chi connectivity index (χ4n) is 1.91. The van der Waals surface area contributed by atoms with Gasteiger partial charge in [0.25, 0.3) is 0 Å². The van der Waals surface area contributed by atoms with Crippen LogP contribution in [0.15, 0.2) is 22.7 Å². The summed E-state index contributed by atoms with van der Waals surface area (Å²) < 4.78 is 2.03. The number of halogens is 2. The predicted octanol–water partition coefficient (Wildman–Crippen LogP) is 5.99. The van der Waals surface area contributed by atoms with Gasteiger partial charge in [-0.3, -0.25) is 4.79 Å². The normalized spacial score (nSPS) is 10.6. The van der Waals surface area contributed by atoms with Crippen LogP contribution in [0.4, 0.5) is 0 Å². The SMILES string of the molecule is CCCCCCCCC(=O)c1cc(I)ccc1Br. The minimum absolute atomic E-state index is 0.260. The molecule has 0 heterocycles. The molecular weight excluding hydrogens is 403 g/mol. The molecule has 0 bridgehead atoms. The van der Waals surface area contributed by atoms with E-state index in [0.717, 1.165) is 20.0 Å². The molecule has 0 saturated heterocycles. The molecule has 1 aromatic rings. The van der Waals surface area contributed by atoms with Crippen LogP contribution in [-0.2, 0) is 0 Å². The van der Waals surface area contributed by atoms with Crippen molar-refractivity contribution in [2.45, 2.75) is 51.9 Å². The summed E-state index contributed by atoms with van der Waals surface area (Å²) in [5.74, 6) is 0.260. The second-order valence-electron chi connectivity index (χ2n) is 4.57. The summed E-state index contributed by atoms with van der Waals surface area (Å²) in [4.78, 5) is 12.1. The summed E-state index contributed by atoms with van der Waals surface area (Å²) in [6, 6.07) is 5.92. The molecule has 1 aromatic carbocycles. The van der Waals surface area contributed by atoms with Gasteiger partial charge < -0.3 is 0 Å². The van der Waals surface area contributed by atoms with Crippen molar-refractivity contribution in [3.05, 3.63) is 31.8 Å². The maximum absolute atomic E-state index is 12.1. The minimum atomic E-state index is 0.260. The molecular formula is C15H20BrIO. The second kappa shape index (κ2) is 9.08. The molecule has 18 heavy (non-hydrogen) atoms. The van der Waals surface area contributed by atoms with Gasteiger partial charge in [-0.2, -0.15) is 0 Å². The number of carbonyl (C=O) groups excluding carboxylic acids is 1. The zero-order valence-corrected chi connectivity index (χ0v) is 14.6. The van der Waals surface area contributed by atoms with Crippen LogP contribution in [0.5, 0.6) is 0 Å². The third kappa shape index (κ3) is 5.83. The molecule has 0 amide bonds. The van der Waals surface area contributed by atoms with E-state index in [1.807, 2.05) is 18.2 Å². The average molecular weight is 423 g/mol. The van der Waals surface area contributed by atoms with Gasteiger partial charge in [0, 0.05) is 20.0 Å². The molecule has 0 N–H and O–H groups in total. The van der Waals surface area contributed by atoms with Crippen LogP contribution in [0, 0.1) is 3.57 Å². The van der Waals surface area contributed by atoms with Crippen molar-refractivity contribution >= 4 is 44.3 Å². The van der Waals surface area contributed by atoms with Gasteiger partial charge in [0.2, 0.25) is 0 Å². The van der Waals surface area contributed by atoms with Gasteiger partial charge >= 0.3 is 0 Å². The van der Waals surface area contributed by atoms with E-state index >= 15 is 0 Å². The van der Waals surface area contributed by atoms with Gasteiger partial charge in [0.15, 0.2) is 5.78 Å². The number of benzene rings is 1. The lowest BCUT2D eigenvalue weighted by molar-refractivity contribution is 0.0978. The van der Waals surface area contributed by atoms with Gasteiger partial charge in [-0.25, -0.2) is 0 Å². The minimum Gasteiger partial charge on any atom is -0.294 e. The van der Waals surface area contributed by atoms with Crippen molar-refractivity contribution in [3.63, 3.8) is 0 Å². The van der Waals surface area contributed by atoms with Crippen molar-refractivity contribution < 1.29 is 4.79 Å². The summed E-state index contributed by atoms with van der Waals surface area (Å²) in [5.41, 5.74) is 0.829. The Morgan fingerprint density at radius 3 is 2.56 bits per heavy atom. The van der Waals surface area contributed by atoms with E-state index in [9.17, 15) is 4.79 Å². The molecule has 0 aliphatic carbocycles. The zero-order chi connectivity index (χ0) is 13.4. The van der Waals surface area contributed by atoms with Crippen LogP contribution in [-0.4, -0.2) is 5.78 Å². The summed E-state index contributed by atoms with van der Waals surface area (Å²) in [6.07, 6.45) is 8.01. The molecule has 0 aliphatic rings. The first kappa shape index (κ1) is 16.2. The Labute approximate surface area is 132 Å². The van der Waals surface area contributed by atoms with E-state index in [2.05, 4.69) is 45.4 Å². The van der Waals surface area contributed by atoms with Crippen molar-refractivity contribution in [1.82, 2.24) is 0 Å². The van der Waals surface area contributed by atoms with E-state index in [1.165, 1.54) is 32.1 Å². The molecule has 0 aromatic heterocycles. The van der Waals surface area contributed by atoms with Crippen molar-refractivity contribution in [2.24, 2.45) is 0 Å². The number of hydrogen-bond acceptors (Lipinski definition) is 1. The third-order valence-electron chi connectivity index (χ3n) is 2.99. The summed E-state index contributed by atoms with van der Waals surface area (Å²) in [6.45, 7) is 2.22. The van der Waals surface area contributed by atoms with E-state index in [1.54, 1.807) is 0 Å². The largest absolute Gasteiger partial charge is 0.294 e. The highest BCUT2D eigenvalue weighted by atomic mass is 127. The Balaban J connectivity index is 2.34. The lowest BCUT2D eigenvalue weighted by Crippen LogP contribution is -2.00. The molecule has 0 saturated carbocycles. The van der Waals surface area contributed by atoms with Crippen molar-refractivity contribution in [3.8, 4) is 0 Å². The average Bonchev–Trinajstić information content (AvgIpc) is 2.36. The standard InChI is InChI=1S/C15H20BrIO/c1-2-3-4-5-6-7-8-15(18)13-11-12(17)9-10-14(13)16/h9-11H,2-8H2,1H3. The first-order chi connectivity index (χ1) is 8.65. The van der Waals surface area contributed by atoms with E-state index in [-0.39, 0.29) is 5.78 Å². The fourth-order valence-corrected chi connectivity index (χ4v) is 2.87. The van der Waals surface area contributed by atoms with Crippen LogP contribution in [0.25, 0.3) is 0 Å². The fraction of sp³-hybridized carbons (Fsp3) is 0.533. The van der Waals surface area contributed by atoms with Crippen molar-refractivity contribution in [2.75, 3.05) is 0 Å². The number of hydrogen-bond donors (Lipinski definition) is 0. The first-order valence-corrected chi connectivity index (χ1v) is 8.50. The molecule has 0 atom stereocenters. The van der Waals surface area contributed by atoms with Crippen LogP contribution < -0.4 is 0 Å². The highest BCUT2D eigenvalue weighted by molar-refractivity contribution is 14.1. The molecule has 3 heteroatoms. The molecule has 0 fully saturated rings. The highest BCUT2D eigenvalue weighted by Gasteiger charge is 2.10.